The summed E-state index contributed by atoms with van der Waals surface area (Å²) in [5.41, 5.74) is -0.529. The minimum Gasteiger partial charge on any atom is -0.465 e. The second-order valence-electron chi connectivity index (χ2n) is 4.84. The van der Waals surface area contributed by atoms with E-state index in [2.05, 4.69) is 5.32 Å². The molecule has 0 fully saturated rings. The highest BCUT2D eigenvalue weighted by Gasteiger charge is 2.23. The number of rotatable bonds is 3. The van der Waals surface area contributed by atoms with Crippen LogP contribution in [0.3, 0.4) is 0 Å². The Kier molecular flexibility index (Phi) is 4.26. The van der Waals surface area contributed by atoms with Crippen LogP contribution in [0, 0.1) is 11.6 Å². The van der Waals surface area contributed by atoms with Crippen molar-refractivity contribution in [3.8, 4) is 0 Å². The number of fused-ring (bicyclic) bond motifs is 1. The summed E-state index contributed by atoms with van der Waals surface area (Å²) < 4.78 is 33.0. The number of benzene rings is 2. The van der Waals surface area contributed by atoms with Gasteiger partial charge in [-0.3, -0.25) is 4.79 Å². The van der Waals surface area contributed by atoms with Crippen LogP contribution in [-0.4, -0.2) is 19.0 Å². The van der Waals surface area contributed by atoms with Crippen molar-refractivity contribution in [1.82, 2.24) is 0 Å². The highest BCUT2D eigenvalue weighted by molar-refractivity contribution is 7.21. The number of anilines is 1. The third kappa shape index (κ3) is 2.74. The number of carbonyl (C=O) groups is 2. The van der Waals surface area contributed by atoms with E-state index in [-0.39, 0.29) is 10.6 Å². The second-order valence-corrected chi connectivity index (χ2v) is 5.90. The lowest BCUT2D eigenvalue weighted by molar-refractivity contribution is 0.0607. The predicted octanol–water partition coefficient (Wildman–Crippen LogP) is 4.22. The topological polar surface area (TPSA) is 55.4 Å². The van der Waals surface area contributed by atoms with Crippen LogP contribution in [0.5, 0.6) is 0 Å². The smallest absolute Gasteiger partial charge is 0.350 e. The number of carbonyl (C=O) groups excluding carboxylic acids is 2. The minimum atomic E-state index is -0.980. The lowest BCUT2D eigenvalue weighted by Gasteiger charge is -2.08. The molecule has 1 aromatic heterocycles. The molecule has 0 aliphatic heterocycles. The standard InChI is InChI=1S/C17H11F2NO3S/c1-23-17(22)15-14(9-5-2-3-8-12(9)24-15)20-16(21)13-10(18)6-4-7-11(13)19/h2-8H,1H3,(H,20,21). The molecule has 0 spiro atoms. The van der Waals surface area contributed by atoms with Crippen molar-refractivity contribution in [2.24, 2.45) is 0 Å². The summed E-state index contributed by atoms with van der Waals surface area (Å²) in [6.07, 6.45) is 0. The molecular formula is C17H11F2NO3S. The van der Waals surface area contributed by atoms with Gasteiger partial charge in [-0.2, -0.15) is 0 Å². The summed E-state index contributed by atoms with van der Waals surface area (Å²) in [6, 6.07) is 10.1. The SMILES string of the molecule is COC(=O)c1sc2ccccc2c1NC(=O)c1c(F)cccc1F. The monoisotopic (exact) mass is 347 g/mol. The maximum Gasteiger partial charge on any atom is 0.350 e. The number of nitrogens with one attached hydrogen (secondary N) is 1. The van der Waals surface area contributed by atoms with E-state index in [1.807, 2.05) is 0 Å². The second kappa shape index (κ2) is 6.37. The van der Waals surface area contributed by atoms with Gasteiger partial charge in [-0.25, -0.2) is 13.6 Å². The van der Waals surface area contributed by atoms with E-state index in [1.165, 1.54) is 13.2 Å². The lowest BCUT2D eigenvalue weighted by atomic mass is 10.1. The number of hydrogen-bond acceptors (Lipinski definition) is 4. The van der Waals surface area contributed by atoms with E-state index in [1.54, 1.807) is 24.3 Å². The number of amides is 1. The normalized spacial score (nSPS) is 10.6. The molecule has 2 aromatic carbocycles. The molecule has 122 valence electrons. The third-order valence-corrected chi connectivity index (χ3v) is 4.55. The Labute approximate surface area is 139 Å². The van der Waals surface area contributed by atoms with Gasteiger partial charge >= 0.3 is 5.97 Å². The van der Waals surface area contributed by atoms with E-state index in [0.717, 1.165) is 28.2 Å². The molecule has 3 aromatic rings. The van der Waals surface area contributed by atoms with Crippen LogP contribution in [-0.2, 0) is 4.74 Å². The molecule has 3 rings (SSSR count). The number of esters is 1. The van der Waals surface area contributed by atoms with Gasteiger partial charge in [-0.15, -0.1) is 11.3 Å². The molecule has 1 heterocycles. The van der Waals surface area contributed by atoms with Crippen LogP contribution >= 0.6 is 11.3 Å². The van der Waals surface area contributed by atoms with Gasteiger partial charge < -0.3 is 10.1 Å². The summed E-state index contributed by atoms with van der Waals surface area (Å²) >= 11 is 1.13. The van der Waals surface area contributed by atoms with E-state index in [4.69, 9.17) is 4.74 Å². The van der Waals surface area contributed by atoms with Gasteiger partial charge in [0.25, 0.3) is 5.91 Å². The zero-order chi connectivity index (χ0) is 17.3. The first-order valence-corrected chi connectivity index (χ1v) is 7.69. The zero-order valence-corrected chi connectivity index (χ0v) is 13.2. The van der Waals surface area contributed by atoms with Gasteiger partial charge in [0.2, 0.25) is 0 Å². The van der Waals surface area contributed by atoms with Crippen molar-refractivity contribution in [3.63, 3.8) is 0 Å². The molecule has 4 nitrogen and oxygen atoms in total. The molecular weight excluding hydrogens is 336 g/mol. The van der Waals surface area contributed by atoms with Crippen molar-refractivity contribution in [3.05, 3.63) is 64.5 Å². The maximum atomic E-state index is 13.8. The largest absolute Gasteiger partial charge is 0.465 e. The molecule has 0 aliphatic rings. The molecule has 1 N–H and O–H groups in total. The van der Waals surface area contributed by atoms with Crippen LogP contribution < -0.4 is 5.32 Å². The molecule has 7 heteroatoms. The van der Waals surface area contributed by atoms with Gasteiger partial charge in [-0.05, 0) is 18.2 Å². The van der Waals surface area contributed by atoms with E-state index >= 15 is 0 Å². The molecule has 0 saturated carbocycles. The Morgan fingerprint density at radius 2 is 1.71 bits per heavy atom. The number of ether oxygens (including phenoxy) is 1. The van der Waals surface area contributed by atoms with E-state index in [0.29, 0.717) is 5.39 Å². The van der Waals surface area contributed by atoms with Crippen molar-refractivity contribution < 1.29 is 23.1 Å². The Bertz CT molecular complexity index is 932. The Hall–Kier alpha value is -2.80. The van der Waals surface area contributed by atoms with Gasteiger partial charge in [0.15, 0.2) is 0 Å². The Balaban J connectivity index is 2.09. The summed E-state index contributed by atoms with van der Waals surface area (Å²) in [6.45, 7) is 0. The summed E-state index contributed by atoms with van der Waals surface area (Å²) in [5.74, 6) is -3.57. The van der Waals surface area contributed by atoms with Gasteiger partial charge in [-0.1, -0.05) is 24.3 Å². The van der Waals surface area contributed by atoms with Gasteiger partial charge in [0.1, 0.15) is 22.1 Å². The number of halogens is 2. The summed E-state index contributed by atoms with van der Waals surface area (Å²) in [7, 11) is 1.22. The molecule has 0 aliphatic carbocycles. The quantitative estimate of drug-likeness (QED) is 0.722. The minimum absolute atomic E-state index is 0.156. The molecule has 0 bridgehead atoms. The number of methoxy groups -OCH3 is 1. The fourth-order valence-electron chi connectivity index (χ4n) is 2.30. The van der Waals surface area contributed by atoms with E-state index in [9.17, 15) is 18.4 Å². The predicted molar refractivity (Wildman–Crippen MR) is 87.5 cm³/mol. The summed E-state index contributed by atoms with van der Waals surface area (Å²) in [5, 5.41) is 3.03. The molecule has 0 radical (unpaired) electrons. The molecule has 24 heavy (non-hydrogen) atoms. The van der Waals surface area contributed by atoms with Crippen molar-refractivity contribution >= 4 is 39.0 Å². The molecule has 0 atom stereocenters. The Morgan fingerprint density at radius 1 is 1.04 bits per heavy atom. The van der Waals surface area contributed by atoms with Crippen molar-refractivity contribution in [1.29, 1.82) is 0 Å². The fraction of sp³-hybridized carbons (Fsp3) is 0.0588. The first kappa shape index (κ1) is 16.1. The first-order valence-electron chi connectivity index (χ1n) is 6.88. The average Bonchev–Trinajstić information content (AvgIpc) is 2.93. The van der Waals surface area contributed by atoms with Crippen LogP contribution in [0.1, 0.15) is 20.0 Å². The molecule has 0 unspecified atom stereocenters. The highest BCUT2D eigenvalue weighted by Crippen LogP contribution is 2.36. The number of hydrogen-bond donors (Lipinski definition) is 1. The fourth-order valence-corrected chi connectivity index (χ4v) is 3.37. The maximum absolute atomic E-state index is 13.8. The molecule has 0 saturated heterocycles. The molecule has 1 amide bonds. The van der Waals surface area contributed by atoms with Crippen molar-refractivity contribution in [2.45, 2.75) is 0 Å². The first-order chi connectivity index (χ1) is 11.5. The Morgan fingerprint density at radius 3 is 2.38 bits per heavy atom. The zero-order valence-electron chi connectivity index (χ0n) is 12.4. The summed E-state index contributed by atoms with van der Waals surface area (Å²) in [4.78, 5) is 24.4. The third-order valence-electron chi connectivity index (χ3n) is 3.39. The van der Waals surface area contributed by atoms with Crippen LogP contribution in [0.4, 0.5) is 14.5 Å². The van der Waals surface area contributed by atoms with Crippen molar-refractivity contribution in [2.75, 3.05) is 12.4 Å². The number of thiophene rings is 1. The van der Waals surface area contributed by atoms with Gasteiger partial charge in [0, 0.05) is 10.1 Å². The van der Waals surface area contributed by atoms with Crippen LogP contribution in [0.2, 0.25) is 0 Å². The lowest BCUT2D eigenvalue weighted by Crippen LogP contribution is -2.17. The van der Waals surface area contributed by atoms with Gasteiger partial charge in [0.05, 0.1) is 12.8 Å². The average molecular weight is 347 g/mol. The highest BCUT2D eigenvalue weighted by atomic mass is 32.1. The van der Waals surface area contributed by atoms with Crippen LogP contribution in [0.15, 0.2) is 42.5 Å². The van der Waals surface area contributed by atoms with Crippen LogP contribution in [0.25, 0.3) is 10.1 Å². The van der Waals surface area contributed by atoms with E-state index < -0.39 is 29.1 Å².